The van der Waals surface area contributed by atoms with Gasteiger partial charge in [-0.25, -0.2) is 0 Å². The van der Waals surface area contributed by atoms with Crippen molar-refractivity contribution in [1.29, 1.82) is 0 Å². The van der Waals surface area contributed by atoms with Crippen molar-refractivity contribution in [3.05, 3.63) is 21.9 Å². The first-order valence-electron chi connectivity index (χ1n) is 6.31. The predicted molar refractivity (Wildman–Crippen MR) is 76.1 cm³/mol. The minimum atomic E-state index is -0.568. The van der Waals surface area contributed by atoms with E-state index in [2.05, 4.69) is 23.3 Å². The van der Waals surface area contributed by atoms with Crippen molar-refractivity contribution < 1.29 is 9.53 Å². The molecule has 0 radical (unpaired) electrons. The monoisotopic (exact) mass is 269 g/mol. The Labute approximate surface area is 114 Å². The first kappa shape index (κ1) is 15.2. The number of esters is 1. The van der Waals surface area contributed by atoms with Gasteiger partial charge in [-0.1, -0.05) is 0 Å². The quantitative estimate of drug-likeness (QED) is 0.744. The molecule has 4 heteroatoms. The molecule has 0 atom stereocenters. The standard InChI is InChI=1S/C14H23NO2S/c1-6-17-13(16)14(3,4)15(5)9-7-12-11(2)8-10-18-12/h8,10H,6-7,9H2,1-5H3. The average molecular weight is 269 g/mol. The lowest BCUT2D eigenvalue weighted by Crippen LogP contribution is -2.49. The van der Waals surface area contributed by atoms with Crippen LogP contribution in [0, 0.1) is 6.92 Å². The maximum Gasteiger partial charge on any atom is 0.325 e. The van der Waals surface area contributed by atoms with Crippen LogP contribution in [0.1, 0.15) is 31.2 Å². The third-order valence-corrected chi connectivity index (χ3v) is 4.45. The van der Waals surface area contributed by atoms with Crippen molar-refractivity contribution in [3.63, 3.8) is 0 Å². The number of carbonyl (C=O) groups is 1. The Balaban J connectivity index is 2.56. The molecule has 1 rings (SSSR count). The van der Waals surface area contributed by atoms with Crippen molar-refractivity contribution in [2.45, 2.75) is 39.7 Å². The van der Waals surface area contributed by atoms with Crippen molar-refractivity contribution in [3.8, 4) is 0 Å². The highest BCUT2D eigenvalue weighted by Gasteiger charge is 2.33. The van der Waals surface area contributed by atoms with Crippen LogP contribution in [-0.4, -0.2) is 36.6 Å². The maximum absolute atomic E-state index is 11.9. The zero-order chi connectivity index (χ0) is 13.8. The van der Waals surface area contributed by atoms with E-state index in [1.807, 2.05) is 27.8 Å². The molecule has 0 unspecified atom stereocenters. The third kappa shape index (κ3) is 3.56. The number of thiophene rings is 1. The third-order valence-electron chi connectivity index (χ3n) is 3.37. The van der Waals surface area contributed by atoms with E-state index in [0.717, 1.165) is 13.0 Å². The molecule has 1 aromatic heterocycles. The fraction of sp³-hybridized carbons (Fsp3) is 0.643. The van der Waals surface area contributed by atoms with Crippen molar-refractivity contribution in [2.75, 3.05) is 20.2 Å². The molecule has 1 aromatic rings. The van der Waals surface area contributed by atoms with Crippen LogP contribution in [0.2, 0.25) is 0 Å². The summed E-state index contributed by atoms with van der Waals surface area (Å²) in [7, 11) is 1.97. The van der Waals surface area contributed by atoms with Gasteiger partial charge in [0.1, 0.15) is 5.54 Å². The summed E-state index contributed by atoms with van der Waals surface area (Å²) in [5.74, 6) is -0.157. The average Bonchev–Trinajstić information content (AvgIpc) is 2.72. The normalized spacial score (nSPS) is 11.9. The number of likely N-dealkylation sites (N-methyl/N-ethyl adjacent to an activating group) is 1. The summed E-state index contributed by atoms with van der Waals surface area (Å²) in [4.78, 5) is 15.3. The van der Waals surface area contributed by atoms with Gasteiger partial charge < -0.3 is 4.74 Å². The molecule has 0 amide bonds. The van der Waals surface area contributed by atoms with Crippen LogP contribution in [0.25, 0.3) is 0 Å². The SMILES string of the molecule is CCOC(=O)C(C)(C)N(C)CCc1sccc1C. The fourth-order valence-corrected chi connectivity index (χ4v) is 2.57. The molecule has 0 spiro atoms. The van der Waals surface area contributed by atoms with Gasteiger partial charge in [-0.05, 0) is 58.2 Å². The summed E-state index contributed by atoms with van der Waals surface area (Å²) in [6.07, 6.45) is 0.975. The second kappa shape index (κ2) is 6.34. The number of hydrogen-bond acceptors (Lipinski definition) is 4. The molecule has 0 bridgehead atoms. The first-order valence-corrected chi connectivity index (χ1v) is 7.19. The van der Waals surface area contributed by atoms with Gasteiger partial charge in [0.2, 0.25) is 0 Å². The van der Waals surface area contributed by atoms with Crippen LogP contribution < -0.4 is 0 Å². The van der Waals surface area contributed by atoms with Gasteiger partial charge in [-0.2, -0.15) is 0 Å². The van der Waals surface area contributed by atoms with Crippen LogP contribution >= 0.6 is 11.3 Å². The highest BCUT2D eigenvalue weighted by Crippen LogP contribution is 2.19. The highest BCUT2D eigenvalue weighted by molar-refractivity contribution is 7.10. The summed E-state index contributed by atoms with van der Waals surface area (Å²) in [6, 6.07) is 2.14. The number of carbonyl (C=O) groups excluding carboxylic acids is 1. The molecule has 3 nitrogen and oxygen atoms in total. The molecule has 0 aliphatic rings. The molecule has 0 aliphatic heterocycles. The Kier molecular flexibility index (Phi) is 5.35. The Hall–Kier alpha value is -0.870. The maximum atomic E-state index is 11.9. The van der Waals surface area contributed by atoms with E-state index in [-0.39, 0.29) is 5.97 Å². The van der Waals surface area contributed by atoms with Crippen molar-refractivity contribution >= 4 is 17.3 Å². The molecule has 0 saturated carbocycles. The first-order chi connectivity index (χ1) is 8.39. The molecule has 18 heavy (non-hydrogen) atoms. The Morgan fingerprint density at radius 1 is 1.50 bits per heavy atom. The van der Waals surface area contributed by atoms with Crippen LogP contribution in [-0.2, 0) is 16.0 Å². The zero-order valence-electron chi connectivity index (χ0n) is 11.9. The molecule has 0 saturated heterocycles. The second-order valence-corrected chi connectivity index (χ2v) is 5.98. The van der Waals surface area contributed by atoms with Crippen LogP contribution in [0.5, 0.6) is 0 Å². The molecular formula is C14H23NO2S. The molecule has 102 valence electrons. The molecule has 1 heterocycles. The van der Waals surface area contributed by atoms with Gasteiger partial charge in [-0.15, -0.1) is 11.3 Å². The summed E-state index contributed by atoms with van der Waals surface area (Å²) < 4.78 is 5.11. The largest absolute Gasteiger partial charge is 0.465 e. The van der Waals surface area contributed by atoms with Crippen molar-refractivity contribution in [2.24, 2.45) is 0 Å². The van der Waals surface area contributed by atoms with E-state index < -0.39 is 5.54 Å². The molecule has 0 fully saturated rings. The van der Waals surface area contributed by atoms with Gasteiger partial charge >= 0.3 is 5.97 Å². The van der Waals surface area contributed by atoms with Gasteiger partial charge in [-0.3, -0.25) is 9.69 Å². The van der Waals surface area contributed by atoms with E-state index in [4.69, 9.17) is 4.74 Å². The van der Waals surface area contributed by atoms with E-state index in [1.54, 1.807) is 11.3 Å². The second-order valence-electron chi connectivity index (χ2n) is 4.98. The summed E-state index contributed by atoms with van der Waals surface area (Å²) in [6.45, 7) is 9.07. The summed E-state index contributed by atoms with van der Waals surface area (Å²) in [5.41, 5.74) is 0.767. The van der Waals surface area contributed by atoms with Crippen LogP contribution in [0.3, 0.4) is 0 Å². The van der Waals surface area contributed by atoms with Gasteiger partial charge in [0, 0.05) is 11.4 Å². The number of rotatable bonds is 6. The Morgan fingerprint density at radius 2 is 2.17 bits per heavy atom. The van der Waals surface area contributed by atoms with Gasteiger partial charge in [0.05, 0.1) is 6.61 Å². The molecule has 0 N–H and O–H groups in total. The predicted octanol–water partition coefficient (Wildman–Crippen LogP) is 2.87. The lowest BCUT2D eigenvalue weighted by molar-refractivity contribution is -0.154. The molecule has 0 aliphatic carbocycles. The van der Waals surface area contributed by atoms with E-state index in [9.17, 15) is 4.79 Å². The minimum Gasteiger partial charge on any atom is -0.465 e. The lowest BCUT2D eigenvalue weighted by atomic mass is 10.0. The van der Waals surface area contributed by atoms with Gasteiger partial charge in [0.15, 0.2) is 0 Å². The van der Waals surface area contributed by atoms with Crippen LogP contribution in [0.4, 0.5) is 0 Å². The Morgan fingerprint density at radius 3 is 2.67 bits per heavy atom. The topological polar surface area (TPSA) is 29.5 Å². The van der Waals surface area contributed by atoms with E-state index >= 15 is 0 Å². The molecular weight excluding hydrogens is 246 g/mol. The minimum absolute atomic E-state index is 0.157. The number of aryl methyl sites for hydroxylation is 1. The lowest BCUT2D eigenvalue weighted by Gasteiger charge is -2.33. The fourth-order valence-electron chi connectivity index (χ4n) is 1.67. The summed E-state index contributed by atoms with van der Waals surface area (Å²) in [5, 5.41) is 2.11. The Bertz CT molecular complexity index is 398. The summed E-state index contributed by atoms with van der Waals surface area (Å²) >= 11 is 1.78. The zero-order valence-corrected chi connectivity index (χ0v) is 12.8. The van der Waals surface area contributed by atoms with E-state index in [0.29, 0.717) is 6.61 Å². The highest BCUT2D eigenvalue weighted by atomic mass is 32.1. The van der Waals surface area contributed by atoms with Crippen LogP contribution in [0.15, 0.2) is 11.4 Å². The number of hydrogen-bond donors (Lipinski definition) is 0. The number of ether oxygens (including phenoxy) is 1. The number of nitrogens with zero attached hydrogens (tertiary/aromatic N) is 1. The smallest absolute Gasteiger partial charge is 0.325 e. The molecule has 0 aromatic carbocycles. The van der Waals surface area contributed by atoms with Crippen molar-refractivity contribution in [1.82, 2.24) is 4.90 Å². The van der Waals surface area contributed by atoms with Gasteiger partial charge in [0.25, 0.3) is 0 Å². The van der Waals surface area contributed by atoms with E-state index in [1.165, 1.54) is 10.4 Å².